The van der Waals surface area contributed by atoms with Crippen molar-refractivity contribution in [3.63, 3.8) is 0 Å². The Kier molecular flexibility index (Phi) is 8.73. The van der Waals surface area contributed by atoms with Gasteiger partial charge in [0.15, 0.2) is 6.61 Å². The summed E-state index contributed by atoms with van der Waals surface area (Å²) in [5.74, 6) is -0.656. The molecule has 2 amide bonds. The number of hydrogen-bond donors (Lipinski definition) is 0. The van der Waals surface area contributed by atoms with Crippen LogP contribution in [0.25, 0.3) is 0 Å². The summed E-state index contributed by atoms with van der Waals surface area (Å²) in [6, 6.07) is 16.6. The molecule has 0 saturated heterocycles. The van der Waals surface area contributed by atoms with E-state index in [2.05, 4.69) is 0 Å². The molecule has 0 aromatic heterocycles. The van der Waals surface area contributed by atoms with Crippen LogP contribution in [0.4, 0.5) is 0 Å². The van der Waals surface area contributed by atoms with Crippen molar-refractivity contribution in [2.75, 3.05) is 33.0 Å². The highest BCUT2D eigenvalue weighted by Gasteiger charge is 2.18. The van der Waals surface area contributed by atoms with Crippen molar-refractivity contribution < 1.29 is 19.1 Å². The first kappa shape index (κ1) is 22.5. The summed E-state index contributed by atoms with van der Waals surface area (Å²) in [5.41, 5.74) is 1.37. The van der Waals surface area contributed by atoms with Gasteiger partial charge in [-0.2, -0.15) is 0 Å². The van der Waals surface area contributed by atoms with Gasteiger partial charge in [0.25, 0.3) is 5.91 Å². The predicted octanol–water partition coefficient (Wildman–Crippen LogP) is 3.07. The quantitative estimate of drug-likeness (QED) is 0.466. The summed E-state index contributed by atoms with van der Waals surface area (Å²) in [6.07, 6.45) is 0. The Morgan fingerprint density at radius 3 is 2.24 bits per heavy atom. The Morgan fingerprint density at radius 2 is 1.59 bits per heavy atom. The van der Waals surface area contributed by atoms with Gasteiger partial charge in [-0.25, -0.2) is 4.79 Å². The van der Waals surface area contributed by atoms with Crippen LogP contribution in [0.15, 0.2) is 59.5 Å². The number of benzene rings is 2. The van der Waals surface area contributed by atoms with E-state index in [1.165, 1.54) is 16.7 Å². The summed E-state index contributed by atoms with van der Waals surface area (Å²) in [5, 5.41) is 0. The van der Waals surface area contributed by atoms with E-state index in [9.17, 15) is 14.4 Å². The molecule has 0 unspecified atom stereocenters. The summed E-state index contributed by atoms with van der Waals surface area (Å²) in [7, 11) is 3.37. The van der Waals surface area contributed by atoms with Crippen molar-refractivity contribution >= 4 is 29.5 Å². The van der Waals surface area contributed by atoms with Crippen molar-refractivity contribution in [3.8, 4) is 0 Å². The van der Waals surface area contributed by atoms with E-state index < -0.39 is 5.97 Å². The summed E-state index contributed by atoms with van der Waals surface area (Å²) in [6.45, 7) is 2.54. The summed E-state index contributed by atoms with van der Waals surface area (Å²) >= 11 is 1.27. The van der Waals surface area contributed by atoms with Crippen LogP contribution in [0.3, 0.4) is 0 Å². The topological polar surface area (TPSA) is 66.9 Å². The summed E-state index contributed by atoms with van der Waals surface area (Å²) in [4.78, 5) is 40.6. The van der Waals surface area contributed by atoms with Gasteiger partial charge in [0, 0.05) is 32.1 Å². The third-order valence-corrected chi connectivity index (χ3v) is 5.29. The highest BCUT2D eigenvalue weighted by atomic mass is 32.2. The fraction of sp³-hybridized carbons (Fsp3) is 0.318. The highest BCUT2D eigenvalue weighted by Crippen LogP contribution is 2.23. The third kappa shape index (κ3) is 6.94. The van der Waals surface area contributed by atoms with Crippen LogP contribution >= 0.6 is 11.8 Å². The van der Waals surface area contributed by atoms with Crippen molar-refractivity contribution in [2.45, 2.75) is 18.4 Å². The van der Waals surface area contributed by atoms with Crippen LogP contribution in [0, 0.1) is 0 Å². The largest absolute Gasteiger partial charge is 0.452 e. The molecule has 2 aromatic carbocycles. The second-order valence-electron chi connectivity index (χ2n) is 6.54. The van der Waals surface area contributed by atoms with Gasteiger partial charge in [0.05, 0.1) is 11.3 Å². The molecule has 6 nitrogen and oxygen atoms in total. The normalized spacial score (nSPS) is 10.3. The summed E-state index contributed by atoms with van der Waals surface area (Å²) < 4.78 is 5.27. The fourth-order valence-corrected chi connectivity index (χ4v) is 3.53. The number of amides is 2. The van der Waals surface area contributed by atoms with E-state index in [4.69, 9.17) is 4.74 Å². The van der Waals surface area contributed by atoms with Crippen molar-refractivity contribution in [2.24, 2.45) is 0 Å². The molecular weight excluding hydrogens is 388 g/mol. The Hall–Kier alpha value is -2.80. The number of carbonyl (C=O) groups excluding carboxylic acids is 3. The fourth-order valence-electron chi connectivity index (χ4n) is 2.51. The number of nitrogens with zero attached hydrogens (tertiary/aromatic N) is 2. The smallest absolute Gasteiger partial charge is 0.339 e. The molecule has 0 atom stereocenters. The van der Waals surface area contributed by atoms with Crippen LogP contribution in [0.1, 0.15) is 22.8 Å². The molecule has 2 aromatic rings. The number of ether oxygens (including phenoxy) is 1. The number of carbonyl (C=O) groups is 3. The molecule has 0 fully saturated rings. The molecule has 0 aliphatic heterocycles. The highest BCUT2D eigenvalue weighted by molar-refractivity contribution is 8.00. The lowest BCUT2D eigenvalue weighted by atomic mass is 10.2. The predicted molar refractivity (Wildman–Crippen MR) is 114 cm³/mol. The first-order valence-electron chi connectivity index (χ1n) is 9.33. The van der Waals surface area contributed by atoms with Crippen molar-refractivity contribution in [1.82, 2.24) is 9.80 Å². The van der Waals surface area contributed by atoms with E-state index >= 15 is 0 Å². The molecule has 0 aliphatic carbocycles. The molecule has 154 valence electrons. The average molecular weight is 415 g/mol. The Balaban J connectivity index is 1.96. The van der Waals surface area contributed by atoms with Crippen LogP contribution in [0.2, 0.25) is 0 Å². The lowest BCUT2D eigenvalue weighted by molar-refractivity contribution is -0.135. The zero-order chi connectivity index (χ0) is 21.2. The molecule has 0 N–H and O–H groups in total. The number of likely N-dealkylation sites (N-methyl/N-ethyl adjacent to an activating group) is 1. The SMILES string of the molecule is CCN(Cc1ccccc1)C(=O)COC(=O)c1ccccc1SCC(=O)N(C)C. The first-order valence-corrected chi connectivity index (χ1v) is 10.3. The minimum atomic E-state index is -0.575. The van der Waals surface area contributed by atoms with E-state index in [-0.39, 0.29) is 24.2 Å². The maximum Gasteiger partial charge on any atom is 0.339 e. The minimum Gasteiger partial charge on any atom is -0.452 e. The lowest BCUT2D eigenvalue weighted by Crippen LogP contribution is -2.34. The molecule has 0 aliphatic rings. The maximum atomic E-state index is 12.5. The second-order valence-corrected chi connectivity index (χ2v) is 7.56. The van der Waals surface area contributed by atoms with E-state index in [1.54, 1.807) is 43.3 Å². The minimum absolute atomic E-state index is 0.0483. The Bertz CT molecular complexity index is 840. The average Bonchev–Trinajstić information content (AvgIpc) is 2.74. The molecule has 0 radical (unpaired) electrons. The number of thioether (sulfide) groups is 1. The van der Waals surface area contributed by atoms with Gasteiger partial charge in [-0.3, -0.25) is 9.59 Å². The number of hydrogen-bond acceptors (Lipinski definition) is 5. The van der Waals surface area contributed by atoms with Gasteiger partial charge in [-0.1, -0.05) is 42.5 Å². The molecule has 2 rings (SSSR count). The number of rotatable bonds is 9. The second kappa shape index (κ2) is 11.3. The van der Waals surface area contributed by atoms with Gasteiger partial charge in [-0.05, 0) is 24.6 Å². The molecule has 29 heavy (non-hydrogen) atoms. The Labute approximate surface area is 175 Å². The zero-order valence-corrected chi connectivity index (χ0v) is 17.8. The molecule has 0 spiro atoms. The zero-order valence-electron chi connectivity index (χ0n) is 17.0. The number of esters is 1. The maximum absolute atomic E-state index is 12.5. The van der Waals surface area contributed by atoms with Crippen molar-refractivity contribution in [1.29, 1.82) is 0 Å². The van der Waals surface area contributed by atoms with Crippen LogP contribution in [0.5, 0.6) is 0 Å². The van der Waals surface area contributed by atoms with E-state index in [0.29, 0.717) is 23.5 Å². The molecular formula is C22H26N2O4S. The molecule has 0 bridgehead atoms. The molecule has 7 heteroatoms. The van der Waals surface area contributed by atoms with Gasteiger partial charge < -0.3 is 14.5 Å². The molecule has 0 heterocycles. The van der Waals surface area contributed by atoms with Gasteiger partial charge in [-0.15, -0.1) is 11.8 Å². The van der Waals surface area contributed by atoms with Crippen molar-refractivity contribution in [3.05, 3.63) is 65.7 Å². The van der Waals surface area contributed by atoms with E-state index in [1.807, 2.05) is 37.3 Å². The lowest BCUT2D eigenvalue weighted by Gasteiger charge is -2.21. The molecule has 0 saturated carbocycles. The van der Waals surface area contributed by atoms with Gasteiger partial charge in [0.1, 0.15) is 0 Å². The third-order valence-electron chi connectivity index (χ3n) is 4.23. The van der Waals surface area contributed by atoms with E-state index in [0.717, 1.165) is 5.56 Å². The van der Waals surface area contributed by atoms with Gasteiger partial charge in [0.2, 0.25) is 5.91 Å². The van der Waals surface area contributed by atoms with Crippen LogP contribution < -0.4 is 0 Å². The van der Waals surface area contributed by atoms with Crippen LogP contribution in [-0.2, 0) is 20.9 Å². The van der Waals surface area contributed by atoms with Gasteiger partial charge >= 0.3 is 5.97 Å². The van der Waals surface area contributed by atoms with Crippen LogP contribution in [-0.4, -0.2) is 60.6 Å². The monoisotopic (exact) mass is 414 g/mol. The first-order chi connectivity index (χ1) is 13.9. The standard InChI is InChI=1S/C22H26N2O4S/c1-4-24(14-17-10-6-5-7-11-17)20(25)15-28-22(27)18-12-8-9-13-19(18)29-16-21(26)23(2)3/h5-13H,4,14-16H2,1-3H3. The Morgan fingerprint density at radius 1 is 0.931 bits per heavy atom.